The summed E-state index contributed by atoms with van der Waals surface area (Å²) in [4.78, 5) is 10.9. The lowest BCUT2D eigenvalue weighted by Gasteiger charge is -1.99. The molecule has 0 aromatic heterocycles. The van der Waals surface area contributed by atoms with Gasteiger partial charge in [0.15, 0.2) is 0 Å². The molecule has 5 heteroatoms. The Balaban J connectivity index is 3.08. The van der Waals surface area contributed by atoms with Crippen LogP contribution in [0, 0.1) is 0 Å². The molecule has 64 valence electrons. The third-order valence-corrected chi connectivity index (χ3v) is 1.90. The second kappa shape index (κ2) is 3.89. The summed E-state index contributed by atoms with van der Waals surface area (Å²) in [5, 5.41) is 8.75. The number of hydrogen-bond acceptors (Lipinski definition) is 2. The zero-order valence-electron chi connectivity index (χ0n) is 5.84. The average Bonchev–Trinajstić information content (AvgIpc) is 2.01. The molecule has 2 N–H and O–H groups in total. The molecule has 0 aliphatic heterocycles. The molecular formula is C7H5BrClNO2. The van der Waals surface area contributed by atoms with E-state index in [0.717, 1.165) is 0 Å². The van der Waals surface area contributed by atoms with Crippen molar-refractivity contribution in [2.24, 2.45) is 0 Å². The number of halogens is 2. The van der Waals surface area contributed by atoms with Crippen molar-refractivity contribution in [2.75, 3.05) is 0 Å². The summed E-state index contributed by atoms with van der Waals surface area (Å²) < 4.78 is 0.689. The lowest BCUT2D eigenvalue weighted by atomic mass is 10.2. The lowest BCUT2D eigenvalue weighted by molar-refractivity contribution is 0.0706. The van der Waals surface area contributed by atoms with Gasteiger partial charge in [-0.05, 0) is 18.2 Å². The van der Waals surface area contributed by atoms with Gasteiger partial charge in [0.05, 0.1) is 0 Å². The van der Waals surface area contributed by atoms with Crippen molar-refractivity contribution < 1.29 is 10.0 Å². The van der Waals surface area contributed by atoms with E-state index in [1.807, 2.05) is 0 Å². The van der Waals surface area contributed by atoms with Crippen molar-refractivity contribution in [1.29, 1.82) is 0 Å². The van der Waals surface area contributed by atoms with Crippen LogP contribution in [0.1, 0.15) is 10.4 Å². The summed E-state index contributed by atoms with van der Waals surface area (Å²) in [7, 11) is 0. The molecule has 0 saturated carbocycles. The first-order valence-corrected chi connectivity index (χ1v) is 4.21. The van der Waals surface area contributed by atoms with Gasteiger partial charge in [0.25, 0.3) is 5.91 Å². The van der Waals surface area contributed by atoms with E-state index in [9.17, 15) is 4.79 Å². The van der Waals surface area contributed by atoms with Crippen LogP contribution in [-0.4, -0.2) is 11.1 Å². The van der Waals surface area contributed by atoms with Crippen LogP contribution in [-0.2, 0) is 0 Å². The highest BCUT2D eigenvalue weighted by molar-refractivity contribution is 9.10. The summed E-state index contributed by atoms with van der Waals surface area (Å²) in [6.45, 7) is 0. The van der Waals surface area contributed by atoms with Crippen molar-refractivity contribution in [3.05, 3.63) is 33.3 Å². The molecule has 0 aliphatic carbocycles. The van der Waals surface area contributed by atoms with E-state index >= 15 is 0 Å². The maximum Gasteiger partial charge on any atom is 0.274 e. The Morgan fingerprint density at radius 1 is 1.50 bits per heavy atom. The minimum atomic E-state index is -0.585. The molecule has 12 heavy (non-hydrogen) atoms. The van der Waals surface area contributed by atoms with Gasteiger partial charge in [0.2, 0.25) is 0 Å². The number of carbonyl (C=O) groups is 1. The van der Waals surface area contributed by atoms with Gasteiger partial charge in [-0.15, -0.1) is 0 Å². The summed E-state index contributed by atoms with van der Waals surface area (Å²) in [6, 6.07) is 4.66. The Hall–Kier alpha value is -0.580. The van der Waals surface area contributed by atoms with Gasteiger partial charge >= 0.3 is 0 Å². The van der Waals surface area contributed by atoms with Gasteiger partial charge < -0.3 is 0 Å². The maximum atomic E-state index is 10.9. The van der Waals surface area contributed by atoms with E-state index < -0.39 is 5.91 Å². The Morgan fingerprint density at radius 3 is 2.67 bits per heavy atom. The number of hydroxylamine groups is 1. The SMILES string of the molecule is O=C(NO)c1cc(Cl)cc(Br)c1. The smallest absolute Gasteiger partial charge is 0.274 e. The van der Waals surface area contributed by atoms with Crippen LogP contribution < -0.4 is 5.48 Å². The zero-order chi connectivity index (χ0) is 9.14. The van der Waals surface area contributed by atoms with Crippen molar-refractivity contribution >= 4 is 33.4 Å². The summed E-state index contributed by atoms with van der Waals surface area (Å²) in [5.74, 6) is -0.585. The van der Waals surface area contributed by atoms with Gasteiger partial charge in [0, 0.05) is 15.1 Å². The molecular weight excluding hydrogens is 245 g/mol. The van der Waals surface area contributed by atoms with Crippen molar-refractivity contribution in [2.45, 2.75) is 0 Å². The summed E-state index contributed by atoms with van der Waals surface area (Å²) >= 11 is 8.82. The largest absolute Gasteiger partial charge is 0.288 e. The molecule has 0 atom stereocenters. The Kier molecular flexibility index (Phi) is 3.08. The van der Waals surface area contributed by atoms with Crippen molar-refractivity contribution in [3.8, 4) is 0 Å². The van der Waals surface area contributed by atoms with Gasteiger partial charge in [-0.1, -0.05) is 27.5 Å². The molecule has 0 bridgehead atoms. The standard InChI is InChI=1S/C7H5BrClNO2/c8-5-1-4(7(11)10-12)2-6(9)3-5/h1-3,12H,(H,10,11). The quantitative estimate of drug-likeness (QED) is 0.593. The van der Waals surface area contributed by atoms with Gasteiger partial charge in [-0.3, -0.25) is 10.0 Å². The predicted octanol–water partition coefficient (Wildman–Crippen LogP) is 2.22. The van der Waals surface area contributed by atoms with Gasteiger partial charge in [-0.2, -0.15) is 0 Å². The van der Waals surface area contributed by atoms with Crippen LogP contribution in [0.3, 0.4) is 0 Å². The van der Waals surface area contributed by atoms with Crippen LogP contribution in [0.4, 0.5) is 0 Å². The third-order valence-electron chi connectivity index (χ3n) is 1.23. The average molecular weight is 250 g/mol. The highest BCUT2D eigenvalue weighted by atomic mass is 79.9. The molecule has 1 amide bonds. The second-order valence-electron chi connectivity index (χ2n) is 2.10. The third kappa shape index (κ3) is 2.20. The van der Waals surface area contributed by atoms with Crippen LogP contribution in [0.15, 0.2) is 22.7 Å². The summed E-state index contributed by atoms with van der Waals surface area (Å²) in [5.41, 5.74) is 1.82. The molecule has 3 nitrogen and oxygen atoms in total. The molecule has 0 heterocycles. The molecule has 0 aliphatic rings. The fourth-order valence-corrected chi connectivity index (χ4v) is 1.61. The van der Waals surface area contributed by atoms with Crippen LogP contribution in [0.25, 0.3) is 0 Å². The fourth-order valence-electron chi connectivity index (χ4n) is 0.749. The van der Waals surface area contributed by atoms with Crippen molar-refractivity contribution in [3.63, 3.8) is 0 Å². The van der Waals surface area contributed by atoms with E-state index in [4.69, 9.17) is 16.8 Å². The van der Waals surface area contributed by atoms with E-state index in [2.05, 4.69) is 15.9 Å². The van der Waals surface area contributed by atoms with E-state index in [1.165, 1.54) is 11.5 Å². The van der Waals surface area contributed by atoms with Crippen molar-refractivity contribution in [1.82, 2.24) is 5.48 Å². The molecule has 1 aromatic rings. The fraction of sp³-hybridized carbons (Fsp3) is 0. The molecule has 0 radical (unpaired) electrons. The number of hydrogen-bond donors (Lipinski definition) is 2. The van der Waals surface area contributed by atoms with Gasteiger partial charge in [-0.25, -0.2) is 5.48 Å². The molecule has 0 saturated heterocycles. The van der Waals surface area contributed by atoms with E-state index in [0.29, 0.717) is 15.1 Å². The zero-order valence-corrected chi connectivity index (χ0v) is 8.19. The molecule has 1 aromatic carbocycles. The van der Waals surface area contributed by atoms with Crippen LogP contribution >= 0.6 is 27.5 Å². The second-order valence-corrected chi connectivity index (χ2v) is 3.45. The lowest BCUT2D eigenvalue weighted by Crippen LogP contribution is -2.18. The van der Waals surface area contributed by atoms with Crippen LogP contribution in [0.5, 0.6) is 0 Å². The maximum absolute atomic E-state index is 10.9. The molecule has 1 rings (SSSR count). The number of benzene rings is 1. The van der Waals surface area contributed by atoms with Gasteiger partial charge in [0.1, 0.15) is 0 Å². The number of rotatable bonds is 1. The Bertz CT molecular complexity index is 296. The normalized spacial score (nSPS) is 9.58. The first-order valence-electron chi connectivity index (χ1n) is 3.04. The minimum absolute atomic E-state index is 0.303. The topological polar surface area (TPSA) is 49.3 Å². The minimum Gasteiger partial charge on any atom is -0.288 e. The highest BCUT2D eigenvalue weighted by Gasteiger charge is 2.05. The van der Waals surface area contributed by atoms with E-state index in [1.54, 1.807) is 12.1 Å². The highest BCUT2D eigenvalue weighted by Crippen LogP contribution is 2.19. The summed E-state index contributed by atoms with van der Waals surface area (Å²) in [6.07, 6.45) is 0. The molecule has 0 spiro atoms. The monoisotopic (exact) mass is 249 g/mol. The molecule has 0 unspecified atom stereocenters. The Morgan fingerprint density at radius 2 is 2.17 bits per heavy atom. The number of amides is 1. The molecule has 0 fully saturated rings. The number of nitrogens with one attached hydrogen (secondary N) is 1. The first kappa shape index (κ1) is 9.51. The van der Waals surface area contributed by atoms with Crippen LogP contribution in [0.2, 0.25) is 5.02 Å². The van der Waals surface area contributed by atoms with E-state index in [-0.39, 0.29) is 0 Å². The Labute approximate surface area is 82.4 Å². The predicted molar refractivity (Wildman–Crippen MR) is 48.4 cm³/mol. The first-order chi connectivity index (χ1) is 5.63. The number of carbonyl (C=O) groups excluding carboxylic acids is 1.